The number of ether oxygens (including phenoxy) is 2. The number of allylic oxidation sites excluding steroid dienone is 1. The van der Waals surface area contributed by atoms with Gasteiger partial charge in [-0.3, -0.25) is 9.36 Å². The van der Waals surface area contributed by atoms with E-state index in [1.54, 1.807) is 56.7 Å². The van der Waals surface area contributed by atoms with Crippen LogP contribution in [0.5, 0.6) is 5.75 Å². The lowest BCUT2D eigenvalue weighted by Gasteiger charge is -2.25. The van der Waals surface area contributed by atoms with Crippen LogP contribution in [-0.4, -0.2) is 23.8 Å². The number of benzene rings is 2. The van der Waals surface area contributed by atoms with Crippen LogP contribution < -0.4 is 19.6 Å². The highest BCUT2D eigenvalue weighted by Gasteiger charge is 2.33. The predicted octanol–water partition coefficient (Wildman–Crippen LogP) is 3.85. The fraction of sp³-hybridized carbons (Fsp3) is 0.240. The first-order valence-electron chi connectivity index (χ1n) is 10.4. The summed E-state index contributed by atoms with van der Waals surface area (Å²) in [4.78, 5) is 31.8. The number of fused-ring (bicyclic) bond motifs is 1. The van der Waals surface area contributed by atoms with Crippen molar-refractivity contribution in [2.75, 3.05) is 7.11 Å². The molecule has 8 heteroatoms. The van der Waals surface area contributed by atoms with E-state index in [1.165, 1.54) is 11.3 Å². The molecule has 1 atom stereocenters. The second kappa shape index (κ2) is 9.37. The van der Waals surface area contributed by atoms with Crippen molar-refractivity contribution in [2.45, 2.75) is 32.9 Å². The standard InChI is InChI=1S/C25H23ClN2O4S/c1-14(2)32-24(30)21-15(3)27-25-28(22(21)16-9-11-18(31-4)12-10-16)23(29)20(33-25)13-17-7-5-6-8-19(17)26/h5-14,22H,1-4H3/b20-13-/t22-/m0/s1. The molecule has 0 bridgehead atoms. The van der Waals surface area contributed by atoms with Crippen molar-refractivity contribution in [3.63, 3.8) is 0 Å². The molecule has 3 aromatic rings. The number of halogens is 1. The third-order valence-corrected chi connectivity index (χ3v) is 6.53. The van der Waals surface area contributed by atoms with Gasteiger partial charge in [0.1, 0.15) is 5.75 Å². The topological polar surface area (TPSA) is 69.9 Å². The Kier molecular flexibility index (Phi) is 6.54. The zero-order valence-corrected chi connectivity index (χ0v) is 20.2. The fourth-order valence-corrected chi connectivity index (χ4v) is 4.92. The van der Waals surface area contributed by atoms with E-state index in [0.717, 1.165) is 11.1 Å². The van der Waals surface area contributed by atoms with Crippen LogP contribution in [0.3, 0.4) is 0 Å². The number of carbonyl (C=O) groups is 1. The van der Waals surface area contributed by atoms with Gasteiger partial charge in [-0.25, -0.2) is 9.79 Å². The van der Waals surface area contributed by atoms with Crippen molar-refractivity contribution in [1.29, 1.82) is 0 Å². The minimum Gasteiger partial charge on any atom is -0.497 e. The molecule has 1 aliphatic heterocycles. The molecule has 2 aromatic carbocycles. The molecular weight excluding hydrogens is 460 g/mol. The Balaban J connectivity index is 1.95. The van der Waals surface area contributed by atoms with Crippen LogP contribution in [0.15, 0.2) is 69.6 Å². The minimum absolute atomic E-state index is 0.248. The molecule has 0 amide bonds. The number of methoxy groups -OCH3 is 1. The van der Waals surface area contributed by atoms with E-state index in [4.69, 9.17) is 21.1 Å². The van der Waals surface area contributed by atoms with E-state index in [2.05, 4.69) is 4.99 Å². The highest BCUT2D eigenvalue weighted by molar-refractivity contribution is 7.07. The Labute approximate surface area is 200 Å². The lowest BCUT2D eigenvalue weighted by atomic mass is 9.96. The molecule has 0 spiro atoms. The minimum atomic E-state index is -0.674. The number of aromatic nitrogens is 1. The monoisotopic (exact) mass is 482 g/mol. The molecule has 1 aromatic heterocycles. The SMILES string of the molecule is COc1ccc([C@H]2C(C(=O)OC(C)C)=C(C)N=c3s/c(=C\c4ccccc4Cl)c(=O)n32)cc1. The van der Waals surface area contributed by atoms with Gasteiger partial charge in [-0.1, -0.05) is 53.3 Å². The summed E-state index contributed by atoms with van der Waals surface area (Å²) in [5.74, 6) is 0.185. The molecule has 2 heterocycles. The summed E-state index contributed by atoms with van der Waals surface area (Å²) in [5, 5.41) is 0.549. The summed E-state index contributed by atoms with van der Waals surface area (Å²) in [6, 6.07) is 13.9. The fourth-order valence-electron chi connectivity index (χ4n) is 3.70. The van der Waals surface area contributed by atoms with Crippen LogP contribution in [0.4, 0.5) is 0 Å². The Hall–Kier alpha value is -3.16. The third kappa shape index (κ3) is 4.51. The summed E-state index contributed by atoms with van der Waals surface area (Å²) in [6.45, 7) is 5.34. The first-order valence-corrected chi connectivity index (χ1v) is 11.6. The maximum Gasteiger partial charge on any atom is 0.338 e. The van der Waals surface area contributed by atoms with Crippen molar-refractivity contribution >= 4 is 35.0 Å². The molecule has 33 heavy (non-hydrogen) atoms. The van der Waals surface area contributed by atoms with Gasteiger partial charge in [0, 0.05) is 5.02 Å². The van der Waals surface area contributed by atoms with Gasteiger partial charge in [0.05, 0.1) is 35.1 Å². The number of rotatable bonds is 5. The van der Waals surface area contributed by atoms with Crippen molar-refractivity contribution < 1.29 is 14.3 Å². The van der Waals surface area contributed by atoms with Crippen LogP contribution in [0.25, 0.3) is 6.08 Å². The molecule has 0 aliphatic carbocycles. The average molecular weight is 483 g/mol. The van der Waals surface area contributed by atoms with Gasteiger partial charge >= 0.3 is 5.97 Å². The highest BCUT2D eigenvalue weighted by atomic mass is 35.5. The van der Waals surface area contributed by atoms with Crippen LogP contribution in [0.1, 0.15) is 37.9 Å². The van der Waals surface area contributed by atoms with E-state index < -0.39 is 12.0 Å². The predicted molar refractivity (Wildman–Crippen MR) is 129 cm³/mol. The smallest absolute Gasteiger partial charge is 0.338 e. The number of hydrogen-bond acceptors (Lipinski definition) is 6. The molecular formula is C25H23ClN2O4S. The largest absolute Gasteiger partial charge is 0.497 e. The normalized spacial score (nSPS) is 15.9. The molecule has 1 aliphatic rings. The average Bonchev–Trinajstić information content (AvgIpc) is 3.08. The highest BCUT2D eigenvalue weighted by Crippen LogP contribution is 2.31. The van der Waals surface area contributed by atoms with E-state index in [0.29, 0.717) is 31.4 Å². The molecule has 0 N–H and O–H groups in total. The van der Waals surface area contributed by atoms with Gasteiger partial charge in [-0.15, -0.1) is 0 Å². The summed E-state index contributed by atoms with van der Waals surface area (Å²) in [7, 11) is 1.59. The maximum atomic E-state index is 13.6. The zero-order valence-electron chi connectivity index (χ0n) is 18.7. The van der Waals surface area contributed by atoms with Crippen molar-refractivity contribution in [2.24, 2.45) is 4.99 Å². The summed E-state index contributed by atoms with van der Waals surface area (Å²) in [5.41, 5.74) is 2.10. The molecule has 0 fully saturated rings. The van der Waals surface area contributed by atoms with E-state index >= 15 is 0 Å². The molecule has 0 unspecified atom stereocenters. The summed E-state index contributed by atoms with van der Waals surface area (Å²) in [6.07, 6.45) is 1.45. The van der Waals surface area contributed by atoms with Crippen LogP contribution in [-0.2, 0) is 9.53 Å². The van der Waals surface area contributed by atoms with Gasteiger partial charge in [0.15, 0.2) is 4.80 Å². The summed E-state index contributed by atoms with van der Waals surface area (Å²) >= 11 is 7.56. The molecule has 0 radical (unpaired) electrons. The molecule has 170 valence electrons. The number of carbonyl (C=O) groups excluding carboxylic acids is 1. The third-order valence-electron chi connectivity index (χ3n) is 5.21. The Morgan fingerprint density at radius 1 is 1.18 bits per heavy atom. The van der Waals surface area contributed by atoms with E-state index in [-0.39, 0.29) is 11.7 Å². The first kappa shape index (κ1) is 23.0. The van der Waals surface area contributed by atoms with Crippen molar-refractivity contribution in [1.82, 2.24) is 4.57 Å². The molecule has 4 rings (SSSR count). The van der Waals surface area contributed by atoms with Crippen molar-refractivity contribution in [3.05, 3.63) is 95.6 Å². The van der Waals surface area contributed by atoms with Gasteiger partial charge in [0.25, 0.3) is 5.56 Å². The van der Waals surface area contributed by atoms with Crippen molar-refractivity contribution in [3.8, 4) is 5.75 Å². The Morgan fingerprint density at radius 3 is 2.52 bits per heavy atom. The quantitative estimate of drug-likeness (QED) is 0.518. The molecule has 0 saturated carbocycles. The molecule has 0 saturated heterocycles. The van der Waals surface area contributed by atoms with E-state index in [9.17, 15) is 9.59 Å². The number of hydrogen-bond donors (Lipinski definition) is 0. The first-order chi connectivity index (χ1) is 15.8. The lowest BCUT2D eigenvalue weighted by molar-refractivity contribution is -0.143. The van der Waals surface area contributed by atoms with Gasteiger partial charge in [0.2, 0.25) is 0 Å². The van der Waals surface area contributed by atoms with Gasteiger partial charge in [-0.05, 0) is 56.2 Å². The Morgan fingerprint density at radius 2 is 1.88 bits per heavy atom. The molecule has 6 nitrogen and oxygen atoms in total. The number of esters is 1. The second-order valence-corrected chi connectivity index (χ2v) is 9.25. The van der Waals surface area contributed by atoms with Crippen LogP contribution in [0.2, 0.25) is 5.02 Å². The zero-order chi connectivity index (χ0) is 23.7. The van der Waals surface area contributed by atoms with Crippen LogP contribution in [0, 0.1) is 0 Å². The lowest BCUT2D eigenvalue weighted by Crippen LogP contribution is -2.40. The van der Waals surface area contributed by atoms with Crippen LogP contribution >= 0.6 is 22.9 Å². The maximum absolute atomic E-state index is 13.6. The summed E-state index contributed by atoms with van der Waals surface area (Å²) < 4.78 is 12.8. The second-order valence-electron chi connectivity index (χ2n) is 7.83. The Bertz CT molecular complexity index is 1420. The number of nitrogens with zero attached hydrogens (tertiary/aromatic N) is 2. The van der Waals surface area contributed by atoms with Gasteiger partial charge in [-0.2, -0.15) is 0 Å². The van der Waals surface area contributed by atoms with Gasteiger partial charge < -0.3 is 9.47 Å². The number of thiazole rings is 1. The van der Waals surface area contributed by atoms with E-state index in [1.807, 2.05) is 30.3 Å².